The van der Waals surface area contributed by atoms with Crippen molar-refractivity contribution < 1.29 is 4.74 Å². The minimum atomic E-state index is -0.111. The Morgan fingerprint density at radius 2 is 1.14 bits per heavy atom. The fourth-order valence-electron chi connectivity index (χ4n) is 7.30. The predicted octanol–water partition coefficient (Wildman–Crippen LogP) is 11.4. The summed E-state index contributed by atoms with van der Waals surface area (Å²) in [5.74, 6) is 1.85. The Morgan fingerprint density at radius 3 is 2.00 bits per heavy atom. The van der Waals surface area contributed by atoms with Gasteiger partial charge in [0.05, 0.1) is 0 Å². The maximum atomic E-state index is 6.37. The van der Waals surface area contributed by atoms with Crippen molar-refractivity contribution in [2.24, 2.45) is 0 Å². The third kappa shape index (κ3) is 3.25. The van der Waals surface area contributed by atoms with Gasteiger partial charge in [0.25, 0.3) is 0 Å². The Morgan fingerprint density at radius 1 is 0.429 bits per heavy atom. The van der Waals surface area contributed by atoms with Crippen LogP contribution in [0.15, 0.2) is 133 Å². The standard InChI is InChI=1S/C41H28O/c1-41(2)36-23-28(27-18-20-38-35(21-27)32-15-6-11-26-12-8-16-39(42-38)40(26)32)17-19-31(36)34-22-29-13-7-14-30(33(29)24-37(34)41)25-9-4-3-5-10-25/h3-24H,1-2H3. The van der Waals surface area contributed by atoms with E-state index in [1.807, 2.05) is 0 Å². The molecule has 42 heavy (non-hydrogen) atoms. The van der Waals surface area contributed by atoms with Gasteiger partial charge in [0.15, 0.2) is 0 Å². The molecule has 0 amide bonds. The monoisotopic (exact) mass is 536 g/mol. The lowest BCUT2D eigenvalue weighted by molar-refractivity contribution is 0.487. The topological polar surface area (TPSA) is 9.23 Å². The summed E-state index contributed by atoms with van der Waals surface area (Å²) >= 11 is 0. The van der Waals surface area contributed by atoms with E-state index in [0.29, 0.717) is 0 Å². The molecule has 0 bridgehead atoms. The van der Waals surface area contributed by atoms with Crippen molar-refractivity contribution in [1.82, 2.24) is 0 Å². The van der Waals surface area contributed by atoms with Gasteiger partial charge in [-0.05, 0) is 103 Å². The molecule has 1 nitrogen and oxygen atoms in total. The highest BCUT2D eigenvalue weighted by molar-refractivity contribution is 6.05. The van der Waals surface area contributed by atoms with Gasteiger partial charge in [-0.15, -0.1) is 0 Å². The van der Waals surface area contributed by atoms with Crippen LogP contribution >= 0.6 is 0 Å². The molecule has 0 aromatic heterocycles. The first-order valence-electron chi connectivity index (χ1n) is 14.7. The summed E-state index contributed by atoms with van der Waals surface area (Å²) < 4.78 is 6.37. The summed E-state index contributed by atoms with van der Waals surface area (Å²) in [6, 6.07) is 48.7. The molecule has 1 aliphatic heterocycles. The third-order valence-electron chi connectivity index (χ3n) is 9.45. The zero-order chi connectivity index (χ0) is 28.0. The van der Waals surface area contributed by atoms with Crippen LogP contribution in [0, 0.1) is 0 Å². The van der Waals surface area contributed by atoms with Crippen LogP contribution in [0.1, 0.15) is 25.0 Å². The smallest absolute Gasteiger partial charge is 0.135 e. The van der Waals surface area contributed by atoms with Crippen molar-refractivity contribution in [3.05, 3.63) is 145 Å². The van der Waals surface area contributed by atoms with Gasteiger partial charge in [0, 0.05) is 16.4 Å². The summed E-state index contributed by atoms with van der Waals surface area (Å²) in [7, 11) is 0. The average molecular weight is 537 g/mol. The Labute approximate surface area is 245 Å². The Bertz CT molecular complexity index is 2230. The Balaban J connectivity index is 1.18. The number of benzene rings is 7. The predicted molar refractivity (Wildman–Crippen MR) is 175 cm³/mol. The molecule has 1 heteroatoms. The number of fused-ring (bicyclic) bond motifs is 6. The van der Waals surface area contributed by atoms with Crippen molar-refractivity contribution in [3.8, 4) is 56.0 Å². The largest absolute Gasteiger partial charge is 0.456 e. The van der Waals surface area contributed by atoms with E-state index >= 15 is 0 Å². The van der Waals surface area contributed by atoms with Crippen molar-refractivity contribution in [2.75, 3.05) is 0 Å². The molecule has 7 aromatic carbocycles. The first-order valence-corrected chi connectivity index (χ1v) is 14.7. The second-order valence-corrected chi connectivity index (χ2v) is 12.1. The van der Waals surface area contributed by atoms with Crippen LogP contribution in [0.5, 0.6) is 11.5 Å². The number of ether oxygens (including phenoxy) is 1. The molecule has 0 fully saturated rings. The lowest BCUT2D eigenvalue weighted by atomic mass is 9.80. The second kappa shape index (κ2) is 8.44. The molecule has 0 saturated heterocycles. The van der Waals surface area contributed by atoms with E-state index in [9.17, 15) is 0 Å². The van der Waals surface area contributed by atoms with E-state index in [1.165, 1.54) is 71.6 Å². The van der Waals surface area contributed by atoms with Crippen LogP contribution in [0.2, 0.25) is 0 Å². The summed E-state index contributed by atoms with van der Waals surface area (Å²) in [6.45, 7) is 4.74. The highest BCUT2D eigenvalue weighted by atomic mass is 16.5. The lowest BCUT2D eigenvalue weighted by Gasteiger charge is -2.23. The number of hydrogen-bond acceptors (Lipinski definition) is 1. The summed E-state index contributed by atoms with van der Waals surface area (Å²) in [5, 5.41) is 5.00. The minimum Gasteiger partial charge on any atom is -0.456 e. The van der Waals surface area contributed by atoms with Crippen molar-refractivity contribution in [2.45, 2.75) is 19.3 Å². The molecule has 2 aliphatic rings. The zero-order valence-electron chi connectivity index (χ0n) is 23.6. The molecular formula is C41H28O. The van der Waals surface area contributed by atoms with Crippen molar-refractivity contribution in [3.63, 3.8) is 0 Å². The van der Waals surface area contributed by atoms with E-state index in [0.717, 1.165) is 17.1 Å². The van der Waals surface area contributed by atoms with Crippen LogP contribution in [-0.4, -0.2) is 0 Å². The molecule has 198 valence electrons. The molecule has 0 saturated carbocycles. The average Bonchev–Trinajstić information content (AvgIpc) is 3.25. The van der Waals surface area contributed by atoms with E-state index in [-0.39, 0.29) is 5.41 Å². The van der Waals surface area contributed by atoms with Crippen LogP contribution in [-0.2, 0) is 5.41 Å². The summed E-state index contributed by atoms with van der Waals surface area (Å²) in [4.78, 5) is 0. The van der Waals surface area contributed by atoms with Gasteiger partial charge in [0.1, 0.15) is 11.5 Å². The molecule has 7 aromatic rings. The fourth-order valence-corrected chi connectivity index (χ4v) is 7.30. The van der Waals surface area contributed by atoms with Gasteiger partial charge in [0.2, 0.25) is 0 Å². The first-order chi connectivity index (χ1) is 20.6. The molecule has 1 heterocycles. The van der Waals surface area contributed by atoms with Gasteiger partial charge >= 0.3 is 0 Å². The van der Waals surface area contributed by atoms with Gasteiger partial charge < -0.3 is 4.74 Å². The quantitative estimate of drug-likeness (QED) is 0.213. The summed E-state index contributed by atoms with van der Waals surface area (Å²) in [6.07, 6.45) is 0. The molecule has 0 atom stereocenters. The summed E-state index contributed by atoms with van der Waals surface area (Å²) in [5.41, 5.74) is 12.7. The number of hydrogen-bond donors (Lipinski definition) is 0. The van der Waals surface area contributed by atoms with Gasteiger partial charge in [-0.25, -0.2) is 0 Å². The van der Waals surface area contributed by atoms with Crippen LogP contribution < -0.4 is 4.74 Å². The van der Waals surface area contributed by atoms with Crippen molar-refractivity contribution >= 4 is 21.5 Å². The zero-order valence-corrected chi connectivity index (χ0v) is 23.6. The van der Waals surface area contributed by atoms with Gasteiger partial charge in [-0.3, -0.25) is 0 Å². The van der Waals surface area contributed by atoms with Crippen LogP contribution in [0.25, 0.3) is 66.1 Å². The normalized spacial score (nSPS) is 13.9. The van der Waals surface area contributed by atoms with E-state index in [4.69, 9.17) is 4.74 Å². The highest BCUT2D eigenvalue weighted by Gasteiger charge is 2.36. The molecule has 0 spiro atoms. The second-order valence-electron chi connectivity index (χ2n) is 12.1. The molecule has 0 radical (unpaired) electrons. The highest BCUT2D eigenvalue weighted by Crippen LogP contribution is 2.52. The maximum absolute atomic E-state index is 6.37. The van der Waals surface area contributed by atoms with E-state index in [2.05, 4.69) is 147 Å². The molecule has 0 N–H and O–H groups in total. The number of rotatable bonds is 2. The van der Waals surface area contributed by atoms with E-state index in [1.54, 1.807) is 0 Å². The molecular weight excluding hydrogens is 508 g/mol. The van der Waals surface area contributed by atoms with Gasteiger partial charge in [-0.2, -0.15) is 0 Å². The minimum absolute atomic E-state index is 0.111. The molecule has 1 aliphatic carbocycles. The SMILES string of the molecule is CC1(C)c2cc(-c3ccc4c(c3)-c3cccc5cccc(c35)O4)ccc2-c2cc3cccc(-c4ccccc4)c3cc21. The molecule has 0 unspecified atom stereocenters. The maximum Gasteiger partial charge on any atom is 0.135 e. The Kier molecular flexibility index (Phi) is 4.73. The molecule has 9 rings (SSSR count). The van der Waals surface area contributed by atoms with Crippen LogP contribution in [0.3, 0.4) is 0 Å². The first kappa shape index (κ1) is 23.6. The van der Waals surface area contributed by atoms with Crippen LogP contribution in [0.4, 0.5) is 0 Å². The lowest BCUT2D eigenvalue weighted by Crippen LogP contribution is -2.15. The fraction of sp³-hybridized carbons (Fsp3) is 0.0732. The van der Waals surface area contributed by atoms with Crippen molar-refractivity contribution in [1.29, 1.82) is 0 Å². The Hall–Kier alpha value is -5.14. The van der Waals surface area contributed by atoms with Gasteiger partial charge in [-0.1, -0.05) is 111 Å². The third-order valence-corrected chi connectivity index (χ3v) is 9.45. The van der Waals surface area contributed by atoms with E-state index < -0.39 is 0 Å².